The van der Waals surface area contributed by atoms with E-state index in [1.54, 1.807) is 36.4 Å². The zero-order valence-corrected chi connectivity index (χ0v) is 25.3. The number of H-pyrrole nitrogens is 1. The van der Waals surface area contributed by atoms with Crippen molar-refractivity contribution in [2.24, 2.45) is 0 Å². The number of aromatic amines is 1. The van der Waals surface area contributed by atoms with Crippen LogP contribution in [0.1, 0.15) is 36.7 Å². The number of aromatic nitrogens is 4. The van der Waals surface area contributed by atoms with Crippen molar-refractivity contribution >= 4 is 26.9 Å². The molecule has 230 valence electrons. The highest BCUT2D eigenvalue weighted by Crippen LogP contribution is 2.30. The Morgan fingerprint density at radius 1 is 0.955 bits per heavy atom. The fraction of sp³-hybridized carbons (Fsp3) is 0.258. The molecule has 0 amide bonds. The van der Waals surface area contributed by atoms with Crippen molar-refractivity contribution in [3.05, 3.63) is 110 Å². The highest BCUT2D eigenvalue weighted by atomic mass is 32.2. The molecule has 0 atom stereocenters. The largest absolute Gasteiger partial charge is 0.493 e. The van der Waals surface area contributed by atoms with Gasteiger partial charge in [0, 0.05) is 30.3 Å². The second-order valence-corrected chi connectivity index (χ2v) is 11.8. The van der Waals surface area contributed by atoms with Crippen molar-refractivity contribution < 1.29 is 22.3 Å². The summed E-state index contributed by atoms with van der Waals surface area (Å²) in [5, 5.41) is 0. The first-order valence-corrected chi connectivity index (χ1v) is 15.4. The minimum absolute atomic E-state index is 0.0104. The first-order valence-electron chi connectivity index (χ1n) is 13.9. The molecule has 0 unspecified atom stereocenters. The molecule has 5 rings (SSSR count). The van der Waals surface area contributed by atoms with E-state index in [0.717, 1.165) is 16.6 Å². The second kappa shape index (κ2) is 12.8. The van der Waals surface area contributed by atoms with E-state index in [9.17, 15) is 22.4 Å². The number of ether oxygens (including phenoxy) is 2. The number of aryl methyl sites for hydroxylation is 1. The fourth-order valence-corrected chi connectivity index (χ4v) is 5.91. The first-order chi connectivity index (χ1) is 21.1. The summed E-state index contributed by atoms with van der Waals surface area (Å²) in [6.07, 6.45) is 1.79. The van der Waals surface area contributed by atoms with Gasteiger partial charge in [-0.1, -0.05) is 43.7 Å². The van der Waals surface area contributed by atoms with Gasteiger partial charge >= 0.3 is 5.69 Å². The summed E-state index contributed by atoms with van der Waals surface area (Å²) in [7, 11) is -1.02. The number of hydrogen-bond donors (Lipinski definition) is 2. The van der Waals surface area contributed by atoms with Crippen molar-refractivity contribution in [3.63, 3.8) is 0 Å². The summed E-state index contributed by atoms with van der Waals surface area (Å²) in [5.41, 5.74) is 0.626. The number of sulfonamides is 1. The average molecular weight is 622 g/mol. The maximum absolute atomic E-state index is 14.4. The average Bonchev–Trinajstić information content (AvgIpc) is 3.44. The maximum atomic E-state index is 14.4. The minimum Gasteiger partial charge on any atom is -0.493 e. The second-order valence-electron chi connectivity index (χ2n) is 10.1. The monoisotopic (exact) mass is 621 g/mol. The molecule has 44 heavy (non-hydrogen) atoms. The van der Waals surface area contributed by atoms with Gasteiger partial charge in [0.1, 0.15) is 17.2 Å². The first kappa shape index (κ1) is 30.5. The Morgan fingerprint density at radius 3 is 2.36 bits per heavy atom. The lowest BCUT2D eigenvalue weighted by Gasteiger charge is -2.12. The smallest absolute Gasteiger partial charge is 0.333 e. The molecule has 0 saturated carbocycles. The molecule has 0 aliphatic rings. The third kappa shape index (κ3) is 6.23. The Balaban J connectivity index is 1.41. The van der Waals surface area contributed by atoms with Crippen LogP contribution >= 0.6 is 0 Å². The number of nitrogens with one attached hydrogen (secondary N) is 2. The van der Waals surface area contributed by atoms with Crippen LogP contribution in [0.25, 0.3) is 11.2 Å². The number of benzene rings is 3. The van der Waals surface area contributed by atoms with Crippen LogP contribution in [0.2, 0.25) is 0 Å². The van der Waals surface area contributed by atoms with Gasteiger partial charge in [-0.3, -0.25) is 18.7 Å². The molecule has 0 bridgehead atoms. The van der Waals surface area contributed by atoms with Gasteiger partial charge in [0.25, 0.3) is 15.6 Å². The van der Waals surface area contributed by atoms with Crippen LogP contribution in [0.15, 0.2) is 81.2 Å². The van der Waals surface area contributed by atoms with Crippen LogP contribution in [0.4, 0.5) is 10.1 Å². The zero-order chi connectivity index (χ0) is 31.4. The molecule has 0 spiro atoms. The van der Waals surface area contributed by atoms with Crippen LogP contribution in [0.5, 0.6) is 11.5 Å². The quantitative estimate of drug-likeness (QED) is 0.212. The predicted octanol–water partition coefficient (Wildman–Crippen LogP) is 4.28. The summed E-state index contributed by atoms with van der Waals surface area (Å²) >= 11 is 0. The summed E-state index contributed by atoms with van der Waals surface area (Å²) in [6, 6.07) is 17.0. The Labute approximate surface area is 253 Å². The maximum Gasteiger partial charge on any atom is 0.333 e. The molecule has 13 heteroatoms. The predicted molar refractivity (Wildman–Crippen MR) is 165 cm³/mol. The van der Waals surface area contributed by atoms with E-state index in [0.29, 0.717) is 30.2 Å². The van der Waals surface area contributed by atoms with Gasteiger partial charge in [-0.15, -0.1) is 0 Å². The molecule has 3 aromatic carbocycles. The standard InChI is InChI=1S/C31H32FN5O6S/c1-4-5-16-36-29-28(30(38)37(31(36)39)19-21-8-6-7-9-24(21)32)33-27(34-29)17-20-10-12-22(13-11-20)35-44(40,41)23-14-15-25(42-2)26(18-23)43-3/h6-15,18,35H,4-5,16-17,19H2,1-3H3,(H,33,34). The number of imidazole rings is 1. The van der Waals surface area contributed by atoms with Crippen LogP contribution in [-0.2, 0) is 29.5 Å². The van der Waals surface area contributed by atoms with E-state index in [2.05, 4.69) is 14.7 Å². The lowest BCUT2D eigenvalue weighted by Crippen LogP contribution is -2.40. The van der Waals surface area contributed by atoms with Gasteiger partial charge in [-0.25, -0.2) is 22.6 Å². The van der Waals surface area contributed by atoms with Gasteiger partial charge < -0.3 is 14.5 Å². The minimum atomic E-state index is -3.91. The molecule has 0 radical (unpaired) electrons. The molecule has 0 fully saturated rings. The van der Waals surface area contributed by atoms with Crippen LogP contribution in [0.3, 0.4) is 0 Å². The van der Waals surface area contributed by atoms with E-state index >= 15 is 0 Å². The molecule has 2 N–H and O–H groups in total. The number of methoxy groups -OCH3 is 2. The lowest BCUT2D eigenvalue weighted by atomic mass is 10.1. The number of halogens is 1. The van der Waals surface area contributed by atoms with E-state index in [1.165, 1.54) is 49.1 Å². The summed E-state index contributed by atoms with van der Waals surface area (Å²) in [4.78, 5) is 34.5. The van der Waals surface area contributed by atoms with Crippen molar-refractivity contribution in [1.82, 2.24) is 19.1 Å². The Morgan fingerprint density at radius 2 is 1.68 bits per heavy atom. The van der Waals surface area contributed by atoms with E-state index < -0.39 is 27.1 Å². The molecule has 2 heterocycles. The SMILES string of the molecule is CCCCn1c(=O)n(Cc2ccccc2F)c(=O)c2[nH]c(Cc3ccc(NS(=O)(=O)c4ccc(OC)c(OC)c4)cc3)nc21. The topological polar surface area (TPSA) is 137 Å². The highest BCUT2D eigenvalue weighted by molar-refractivity contribution is 7.92. The Kier molecular flexibility index (Phi) is 8.86. The molecule has 2 aromatic heterocycles. The molecule has 11 nitrogen and oxygen atoms in total. The van der Waals surface area contributed by atoms with Crippen LogP contribution in [0, 0.1) is 5.82 Å². The van der Waals surface area contributed by atoms with Crippen LogP contribution < -0.4 is 25.4 Å². The summed E-state index contributed by atoms with van der Waals surface area (Å²) < 4.78 is 55.7. The van der Waals surface area contributed by atoms with Crippen LogP contribution in [-0.4, -0.2) is 41.7 Å². The third-order valence-electron chi connectivity index (χ3n) is 7.17. The van der Waals surface area contributed by atoms with Crippen molar-refractivity contribution in [2.45, 2.75) is 44.2 Å². The summed E-state index contributed by atoms with van der Waals surface area (Å²) in [6.45, 7) is 2.13. The molecule has 0 saturated heterocycles. The lowest BCUT2D eigenvalue weighted by molar-refractivity contribution is 0.354. The third-order valence-corrected chi connectivity index (χ3v) is 8.55. The fourth-order valence-electron chi connectivity index (χ4n) is 4.83. The number of fused-ring (bicyclic) bond motifs is 1. The Bertz CT molecular complexity index is 2030. The van der Waals surface area contributed by atoms with Gasteiger partial charge in [0.2, 0.25) is 0 Å². The van der Waals surface area contributed by atoms with Crippen molar-refractivity contribution in [2.75, 3.05) is 18.9 Å². The number of anilines is 1. The van der Waals surface area contributed by atoms with Gasteiger partial charge in [-0.2, -0.15) is 0 Å². The van der Waals surface area contributed by atoms with Crippen molar-refractivity contribution in [3.8, 4) is 11.5 Å². The summed E-state index contributed by atoms with van der Waals surface area (Å²) in [5.74, 6) is 0.645. The molecule has 0 aliphatic heterocycles. The number of hydrogen-bond acceptors (Lipinski definition) is 7. The van der Waals surface area contributed by atoms with Gasteiger partial charge in [-0.05, 0) is 42.3 Å². The normalized spacial score (nSPS) is 11.5. The van der Waals surface area contributed by atoms with Crippen molar-refractivity contribution in [1.29, 1.82) is 0 Å². The van der Waals surface area contributed by atoms with Gasteiger partial charge in [0.15, 0.2) is 17.1 Å². The number of nitrogens with zero attached hydrogens (tertiary/aromatic N) is 3. The van der Waals surface area contributed by atoms with E-state index in [-0.39, 0.29) is 40.3 Å². The van der Waals surface area contributed by atoms with E-state index in [1.807, 2.05) is 6.92 Å². The molecular formula is C31H32FN5O6S. The van der Waals surface area contributed by atoms with E-state index in [4.69, 9.17) is 9.47 Å². The molecule has 0 aliphatic carbocycles. The molecule has 5 aromatic rings. The zero-order valence-electron chi connectivity index (χ0n) is 24.5. The van der Waals surface area contributed by atoms with Gasteiger partial charge in [0.05, 0.1) is 25.7 Å². The Hall–Kier alpha value is -4.91. The highest BCUT2D eigenvalue weighted by Gasteiger charge is 2.20. The molecular weight excluding hydrogens is 589 g/mol. The number of rotatable bonds is 12. The number of unbranched alkanes of at least 4 members (excludes halogenated alkanes) is 1.